The molecule has 0 fully saturated rings. The van der Waals surface area contributed by atoms with E-state index in [1.807, 2.05) is 13.8 Å². The van der Waals surface area contributed by atoms with Gasteiger partial charge in [-0.2, -0.15) is 0 Å². The lowest BCUT2D eigenvalue weighted by Gasteiger charge is -2.26. The van der Waals surface area contributed by atoms with Crippen LogP contribution in [0.15, 0.2) is 0 Å². The number of thiazole rings is 1. The van der Waals surface area contributed by atoms with Crippen LogP contribution >= 0.6 is 22.9 Å². The number of fused-ring (bicyclic) bond motifs is 1. The molecule has 0 radical (unpaired) electrons. The minimum Gasteiger partial charge on any atom is -0.293 e. The van der Waals surface area contributed by atoms with Gasteiger partial charge in [-0.15, -0.1) is 0 Å². The molecule has 1 aliphatic carbocycles. The maximum absolute atomic E-state index is 11.9. The first-order chi connectivity index (χ1) is 6.00. The Bertz CT molecular complexity index is 370. The number of hydrogen-bond donors (Lipinski definition) is 0. The van der Waals surface area contributed by atoms with Gasteiger partial charge < -0.3 is 0 Å². The maximum atomic E-state index is 11.9. The van der Waals surface area contributed by atoms with Gasteiger partial charge in [-0.25, -0.2) is 4.98 Å². The summed E-state index contributed by atoms with van der Waals surface area (Å²) in [6, 6.07) is 0. The Morgan fingerprint density at radius 3 is 2.92 bits per heavy atom. The average molecular weight is 216 g/mol. The smallest absolute Gasteiger partial charge is 0.184 e. The monoisotopic (exact) mass is 215 g/mol. The van der Waals surface area contributed by atoms with Crippen molar-refractivity contribution in [1.82, 2.24) is 4.98 Å². The number of ketones is 1. The molecule has 1 aliphatic rings. The number of halogens is 1. The van der Waals surface area contributed by atoms with Crippen LogP contribution in [0.2, 0.25) is 4.47 Å². The van der Waals surface area contributed by atoms with Gasteiger partial charge in [-0.05, 0) is 12.8 Å². The lowest BCUT2D eigenvalue weighted by molar-refractivity contribution is 0.0815. The van der Waals surface area contributed by atoms with Gasteiger partial charge in [-0.1, -0.05) is 36.8 Å². The zero-order valence-electron chi connectivity index (χ0n) is 7.56. The number of nitrogens with zero attached hydrogens (tertiary/aromatic N) is 1. The van der Waals surface area contributed by atoms with E-state index in [0.717, 1.165) is 23.4 Å². The Balaban J connectivity index is 2.51. The first-order valence-corrected chi connectivity index (χ1v) is 5.40. The van der Waals surface area contributed by atoms with Crippen molar-refractivity contribution < 1.29 is 4.79 Å². The topological polar surface area (TPSA) is 30.0 Å². The summed E-state index contributed by atoms with van der Waals surface area (Å²) in [4.78, 5) is 16.8. The highest BCUT2D eigenvalue weighted by molar-refractivity contribution is 7.17. The SMILES string of the molecule is CC1(C)CCc2nc(Cl)sc2C1=O. The molecule has 0 bridgehead atoms. The van der Waals surface area contributed by atoms with Gasteiger partial charge in [0, 0.05) is 5.41 Å². The summed E-state index contributed by atoms with van der Waals surface area (Å²) < 4.78 is 0.482. The van der Waals surface area contributed by atoms with Gasteiger partial charge in [-0.3, -0.25) is 4.79 Å². The molecule has 1 heterocycles. The van der Waals surface area contributed by atoms with Crippen molar-refractivity contribution in [2.75, 3.05) is 0 Å². The van der Waals surface area contributed by atoms with E-state index in [1.165, 1.54) is 11.3 Å². The number of aryl methyl sites for hydroxylation is 1. The van der Waals surface area contributed by atoms with Crippen LogP contribution in [0.3, 0.4) is 0 Å². The van der Waals surface area contributed by atoms with Gasteiger partial charge in [0.2, 0.25) is 0 Å². The summed E-state index contributed by atoms with van der Waals surface area (Å²) in [7, 11) is 0. The first kappa shape index (κ1) is 9.16. The molecule has 0 aliphatic heterocycles. The molecule has 0 saturated heterocycles. The van der Waals surface area contributed by atoms with E-state index in [1.54, 1.807) is 0 Å². The second kappa shape index (κ2) is 2.79. The van der Waals surface area contributed by atoms with Crippen LogP contribution in [0.5, 0.6) is 0 Å². The molecular formula is C9H10ClNOS. The van der Waals surface area contributed by atoms with E-state index >= 15 is 0 Å². The quantitative estimate of drug-likeness (QED) is 0.666. The fraction of sp³-hybridized carbons (Fsp3) is 0.556. The van der Waals surface area contributed by atoms with E-state index in [0.29, 0.717) is 4.47 Å². The Labute approximate surface area is 85.9 Å². The molecule has 2 nitrogen and oxygen atoms in total. The Morgan fingerprint density at radius 1 is 1.54 bits per heavy atom. The van der Waals surface area contributed by atoms with Crippen LogP contribution in [0.4, 0.5) is 0 Å². The van der Waals surface area contributed by atoms with Crippen LogP contribution in [0.1, 0.15) is 35.6 Å². The summed E-state index contributed by atoms with van der Waals surface area (Å²) in [5.41, 5.74) is 0.655. The second-order valence-electron chi connectivity index (χ2n) is 3.96. The molecule has 0 aromatic carbocycles. The molecule has 0 unspecified atom stereocenters. The number of carbonyl (C=O) groups excluding carboxylic acids is 1. The highest BCUT2D eigenvalue weighted by Crippen LogP contribution is 2.38. The molecule has 1 aromatic heterocycles. The van der Waals surface area contributed by atoms with Crippen molar-refractivity contribution in [1.29, 1.82) is 0 Å². The molecule has 0 atom stereocenters. The zero-order valence-corrected chi connectivity index (χ0v) is 9.13. The summed E-state index contributed by atoms with van der Waals surface area (Å²) in [6.07, 6.45) is 1.75. The van der Waals surface area contributed by atoms with Gasteiger partial charge in [0.1, 0.15) is 0 Å². The van der Waals surface area contributed by atoms with E-state index < -0.39 is 0 Å². The summed E-state index contributed by atoms with van der Waals surface area (Å²) >= 11 is 7.07. The Hall–Kier alpha value is -0.410. The predicted octanol–water partition coefficient (Wildman–Crippen LogP) is 2.95. The lowest BCUT2D eigenvalue weighted by Crippen LogP contribution is -2.29. The molecule has 0 spiro atoms. The molecular weight excluding hydrogens is 206 g/mol. The standard InChI is InChI=1S/C9H10ClNOS/c1-9(2)4-3-5-6(7(9)12)13-8(10)11-5/h3-4H2,1-2H3. The van der Waals surface area contributed by atoms with Crippen molar-refractivity contribution in [3.8, 4) is 0 Å². The molecule has 0 saturated carbocycles. The fourth-order valence-electron chi connectivity index (χ4n) is 1.52. The third kappa shape index (κ3) is 1.40. The fourth-order valence-corrected chi connectivity index (χ4v) is 2.81. The molecule has 0 amide bonds. The Kier molecular flexibility index (Phi) is 1.96. The molecule has 4 heteroatoms. The largest absolute Gasteiger partial charge is 0.293 e. The van der Waals surface area contributed by atoms with Crippen molar-refractivity contribution in [2.45, 2.75) is 26.7 Å². The molecule has 2 rings (SSSR count). The van der Waals surface area contributed by atoms with Crippen molar-refractivity contribution >= 4 is 28.7 Å². The highest BCUT2D eigenvalue weighted by atomic mass is 35.5. The van der Waals surface area contributed by atoms with Crippen molar-refractivity contribution in [2.24, 2.45) is 5.41 Å². The van der Waals surface area contributed by atoms with Gasteiger partial charge in [0.25, 0.3) is 0 Å². The number of hydrogen-bond acceptors (Lipinski definition) is 3. The van der Waals surface area contributed by atoms with Crippen LogP contribution < -0.4 is 0 Å². The molecule has 13 heavy (non-hydrogen) atoms. The maximum Gasteiger partial charge on any atom is 0.184 e. The minimum absolute atomic E-state index is 0.193. The van der Waals surface area contributed by atoms with Crippen molar-refractivity contribution in [3.05, 3.63) is 15.0 Å². The Morgan fingerprint density at radius 2 is 2.23 bits per heavy atom. The van der Waals surface area contributed by atoms with Crippen molar-refractivity contribution in [3.63, 3.8) is 0 Å². The molecule has 70 valence electrons. The van der Waals surface area contributed by atoms with Gasteiger partial charge in [0.15, 0.2) is 10.3 Å². The number of rotatable bonds is 0. The first-order valence-electron chi connectivity index (χ1n) is 4.21. The highest BCUT2D eigenvalue weighted by Gasteiger charge is 2.36. The second-order valence-corrected chi connectivity index (χ2v) is 5.54. The van der Waals surface area contributed by atoms with Crippen LogP contribution in [0.25, 0.3) is 0 Å². The van der Waals surface area contributed by atoms with Crippen LogP contribution in [-0.4, -0.2) is 10.8 Å². The molecule has 1 aromatic rings. The van der Waals surface area contributed by atoms with Gasteiger partial charge >= 0.3 is 0 Å². The van der Waals surface area contributed by atoms with Crippen LogP contribution in [-0.2, 0) is 6.42 Å². The van der Waals surface area contributed by atoms with E-state index in [4.69, 9.17) is 11.6 Å². The van der Waals surface area contributed by atoms with Crippen LogP contribution in [0, 0.1) is 5.41 Å². The van der Waals surface area contributed by atoms with Gasteiger partial charge in [0.05, 0.1) is 10.6 Å². The number of Topliss-reactive ketones (excluding diaryl/α,β-unsaturated/α-hetero) is 1. The normalized spacial score (nSPS) is 20.1. The predicted molar refractivity (Wildman–Crippen MR) is 53.6 cm³/mol. The summed E-state index contributed by atoms with van der Waals surface area (Å²) in [5, 5.41) is 0. The molecule has 0 N–H and O–H groups in total. The zero-order chi connectivity index (χ0) is 9.64. The average Bonchev–Trinajstić information content (AvgIpc) is 2.40. The third-order valence-electron chi connectivity index (χ3n) is 2.48. The third-order valence-corrected chi connectivity index (χ3v) is 3.68. The number of carbonyl (C=O) groups is 1. The number of aromatic nitrogens is 1. The lowest BCUT2D eigenvalue weighted by atomic mass is 9.78. The minimum atomic E-state index is -0.233. The van der Waals surface area contributed by atoms with E-state index in [-0.39, 0.29) is 11.2 Å². The van der Waals surface area contributed by atoms with E-state index in [9.17, 15) is 4.79 Å². The van der Waals surface area contributed by atoms with E-state index in [2.05, 4.69) is 4.98 Å². The summed E-state index contributed by atoms with van der Waals surface area (Å²) in [5.74, 6) is 0.193. The summed E-state index contributed by atoms with van der Waals surface area (Å²) in [6.45, 7) is 3.96.